The third kappa shape index (κ3) is 10.1. The molecule has 1 N–H and O–H groups in total. The van der Waals surface area contributed by atoms with Crippen molar-refractivity contribution in [2.24, 2.45) is 0 Å². The van der Waals surface area contributed by atoms with Gasteiger partial charge in [0.05, 0.1) is 6.42 Å². The smallest absolute Gasteiger partial charge is 0.307 e. The lowest BCUT2D eigenvalue weighted by Crippen LogP contribution is -2.21. The minimum atomic E-state index is -0.913. The molecule has 0 aromatic heterocycles. The molecule has 0 saturated heterocycles. The average molecular weight is 258 g/mol. The van der Waals surface area contributed by atoms with Crippen LogP contribution in [0.15, 0.2) is 0 Å². The van der Waals surface area contributed by atoms with Gasteiger partial charge in [0.25, 0.3) is 0 Å². The summed E-state index contributed by atoms with van der Waals surface area (Å²) in [6.45, 7) is 4.10. The van der Waals surface area contributed by atoms with Crippen LogP contribution in [0.1, 0.15) is 71.6 Å². The first-order valence-electron chi connectivity index (χ1n) is 7.01. The Morgan fingerprint density at radius 1 is 1.06 bits per heavy atom. The van der Waals surface area contributed by atoms with E-state index in [0.29, 0.717) is 12.8 Å². The molecule has 0 amide bonds. The van der Waals surface area contributed by atoms with Gasteiger partial charge in [0.1, 0.15) is 6.10 Å². The molecule has 18 heavy (non-hydrogen) atoms. The number of carboxylic acids is 1. The number of carbonyl (C=O) groups excluding carboxylic acids is 1. The van der Waals surface area contributed by atoms with Gasteiger partial charge >= 0.3 is 11.9 Å². The third-order valence-electron chi connectivity index (χ3n) is 2.80. The van der Waals surface area contributed by atoms with E-state index in [0.717, 1.165) is 25.7 Å². The van der Waals surface area contributed by atoms with Crippen LogP contribution in [0.4, 0.5) is 0 Å². The van der Waals surface area contributed by atoms with E-state index in [4.69, 9.17) is 9.84 Å². The Hall–Kier alpha value is -1.06. The Morgan fingerprint density at radius 3 is 2.28 bits per heavy atom. The summed E-state index contributed by atoms with van der Waals surface area (Å²) in [6.07, 6.45) is 6.71. The minimum Gasteiger partial charge on any atom is -0.481 e. The number of rotatable bonds is 11. The van der Waals surface area contributed by atoms with Crippen LogP contribution in [-0.2, 0) is 14.3 Å². The lowest BCUT2D eigenvalue weighted by molar-refractivity contribution is -0.153. The standard InChI is InChI=1S/C14H26O4/c1-3-5-6-7-8-10-14(17)18-12(9-4-2)11-13(15)16/h12H,3-11H2,1-2H3,(H,15,16)/t12-/m0/s1. The predicted octanol–water partition coefficient (Wildman–Crippen LogP) is 3.53. The molecule has 106 valence electrons. The Balaban J connectivity index is 3.76. The van der Waals surface area contributed by atoms with Crippen LogP contribution in [0.2, 0.25) is 0 Å². The van der Waals surface area contributed by atoms with Crippen LogP contribution < -0.4 is 0 Å². The van der Waals surface area contributed by atoms with Gasteiger partial charge in [0.2, 0.25) is 0 Å². The molecular weight excluding hydrogens is 232 g/mol. The summed E-state index contributed by atoms with van der Waals surface area (Å²) in [7, 11) is 0. The maximum Gasteiger partial charge on any atom is 0.307 e. The van der Waals surface area contributed by atoms with Crippen molar-refractivity contribution in [1.29, 1.82) is 0 Å². The second kappa shape index (κ2) is 11.1. The van der Waals surface area contributed by atoms with Crippen molar-refractivity contribution in [3.8, 4) is 0 Å². The van der Waals surface area contributed by atoms with Gasteiger partial charge < -0.3 is 9.84 Å². The number of carboxylic acid groups (broad SMARTS) is 1. The molecule has 0 saturated carbocycles. The van der Waals surface area contributed by atoms with E-state index in [1.54, 1.807) is 0 Å². The normalized spacial score (nSPS) is 12.1. The Bertz CT molecular complexity index is 238. The number of aliphatic carboxylic acids is 1. The molecule has 0 bridgehead atoms. The molecule has 0 aliphatic carbocycles. The summed E-state index contributed by atoms with van der Waals surface area (Å²) in [4.78, 5) is 22.1. The van der Waals surface area contributed by atoms with Crippen LogP contribution >= 0.6 is 0 Å². The van der Waals surface area contributed by atoms with Crippen LogP contribution in [-0.4, -0.2) is 23.1 Å². The average Bonchev–Trinajstić information content (AvgIpc) is 2.28. The van der Waals surface area contributed by atoms with Crippen molar-refractivity contribution in [1.82, 2.24) is 0 Å². The predicted molar refractivity (Wildman–Crippen MR) is 70.4 cm³/mol. The van der Waals surface area contributed by atoms with Crippen LogP contribution in [0, 0.1) is 0 Å². The Morgan fingerprint density at radius 2 is 1.72 bits per heavy atom. The highest BCUT2D eigenvalue weighted by Gasteiger charge is 2.16. The molecule has 4 heteroatoms. The molecule has 0 unspecified atom stereocenters. The SMILES string of the molecule is CCCCCCCC(=O)O[C@@H](CCC)CC(=O)O. The summed E-state index contributed by atoms with van der Waals surface area (Å²) in [5.41, 5.74) is 0. The van der Waals surface area contributed by atoms with Crippen molar-refractivity contribution in [2.45, 2.75) is 77.7 Å². The number of unbranched alkanes of at least 4 members (excludes halogenated alkanes) is 4. The van der Waals surface area contributed by atoms with Gasteiger partial charge in [-0.3, -0.25) is 9.59 Å². The zero-order valence-electron chi connectivity index (χ0n) is 11.6. The minimum absolute atomic E-state index is 0.0879. The topological polar surface area (TPSA) is 63.6 Å². The second-order valence-electron chi connectivity index (χ2n) is 4.66. The van der Waals surface area contributed by atoms with Crippen LogP contribution in [0.5, 0.6) is 0 Å². The second-order valence-corrected chi connectivity index (χ2v) is 4.66. The molecule has 0 aromatic rings. The van der Waals surface area contributed by atoms with E-state index in [2.05, 4.69) is 6.92 Å². The lowest BCUT2D eigenvalue weighted by atomic mass is 10.1. The zero-order chi connectivity index (χ0) is 13.8. The van der Waals surface area contributed by atoms with Crippen molar-refractivity contribution in [3.05, 3.63) is 0 Å². The highest BCUT2D eigenvalue weighted by atomic mass is 16.5. The van der Waals surface area contributed by atoms with Crippen LogP contribution in [0.25, 0.3) is 0 Å². The first-order valence-corrected chi connectivity index (χ1v) is 7.01. The van der Waals surface area contributed by atoms with Gasteiger partial charge in [-0.05, 0) is 12.8 Å². The summed E-state index contributed by atoms with van der Waals surface area (Å²) in [5, 5.41) is 8.71. The van der Waals surface area contributed by atoms with Gasteiger partial charge in [-0.2, -0.15) is 0 Å². The number of hydrogen-bond donors (Lipinski definition) is 1. The van der Waals surface area contributed by atoms with Gasteiger partial charge in [-0.1, -0.05) is 46.0 Å². The maximum atomic E-state index is 11.5. The van der Waals surface area contributed by atoms with E-state index in [9.17, 15) is 9.59 Å². The molecule has 1 atom stereocenters. The number of esters is 1. The lowest BCUT2D eigenvalue weighted by Gasteiger charge is -2.15. The zero-order valence-corrected chi connectivity index (χ0v) is 11.6. The van der Waals surface area contributed by atoms with Gasteiger partial charge in [0, 0.05) is 6.42 Å². The Kier molecular flexibility index (Phi) is 10.4. The first-order chi connectivity index (χ1) is 8.60. The molecule has 0 spiro atoms. The molecular formula is C14H26O4. The quantitative estimate of drug-likeness (QED) is 0.455. The third-order valence-corrected chi connectivity index (χ3v) is 2.80. The summed E-state index contributed by atoms with van der Waals surface area (Å²) in [6, 6.07) is 0. The molecule has 0 aromatic carbocycles. The van der Waals surface area contributed by atoms with Crippen molar-refractivity contribution >= 4 is 11.9 Å². The monoisotopic (exact) mass is 258 g/mol. The van der Waals surface area contributed by atoms with Crippen LogP contribution in [0.3, 0.4) is 0 Å². The summed E-state index contributed by atoms with van der Waals surface area (Å²) >= 11 is 0. The highest BCUT2D eigenvalue weighted by molar-refractivity contribution is 5.71. The number of hydrogen-bond acceptors (Lipinski definition) is 3. The Labute approximate surface area is 110 Å². The molecule has 0 fully saturated rings. The molecule has 4 nitrogen and oxygen atoms in total. The largest absolute Gasteiger partial charge is 0.481 e. The molecule has 0 aliphatic rings. The highest BCUT2D eigenvalue weighted by Crippen LogP contribution is 2.11. The van der Waals surface area contributed by atoms with Gasteiger partial charge in [0.15, 0.2) is 0 Å². The van der Waals surface area contributed by atoms with E-state index in [-0.39, 0.29) is 12.4 Å². The van der Waals surface area contributed by atoms with E-state index in [1.165, 1.54) is 12.8 Å². The number of ether oxygens (including phenoxy) is 1. The van der Waals surface area contributed by atoms with Crippen molar-refractivity contribution in [2.75, 3.05) is 0 Å². The fourth-order valence-corrected chi connectivity index (χ4v) is 1.84. The van der Waals surface area contributed by atoms with Gasteiger partial charge in [-0.25, -0.2) is 0 Å². The van der Waals surface area contributed by atoms with Gasteiger partial charge in [-0.15, -0.1) is 0 Å². The van der Waals surface area contributed by atoms with E-state index >= 15 is 0 Å². The van der Waals surface area contributed by atoms with Crippen molar-refractivity contribution in [3.63, 3.8) is 0 Å². The van der Waals surface area contributed by atoms with Crippen molar-refractivity contribution < 1.29 is 19.4 Å². The molecule has 0 aliphatic heterocycles. The molecule has 0 heterocycles. The molecule has 0 rings (SSSR count). The first kappa shape index (κ1) is 16.9. The van der Waals surface area contributed by atoms with E-state index < -0.39 is 12.1 Å². The summed E-state index contributed by atoms with van der Waals surface area (Å²) in [5.74, 6) is -1.17. The maximum absolute atomic E-state index is 11.5. The molecule has 0 radical (unpaired) electrons. The number of carbonyl (C=O) groups is 2. The fraction of sp³-hybridized carbons (Fsp3) is 0.857. The summed E-state index contributed by atoms with van der Waals surface area (Å²) < 4.78 is 5.19. The van der Waals surface area contributed by atoms with E-state index in [1.807, 2.05) is 6.92 Å². The fourth-order valence-electron chi connectivity index (χ4n) is 1.84.